The van der Waals surface area contributed by atoms with E-state index >= 15 is 0 Å². The molecule has 174 valence electrons. The molecule has 3 saturated heterocycles. The molecule has 5 rings (SSSR count). The van der Waals surface area contributed by atoms with E-state index in [-0.39, 0.29) is 11.7 Å². The molecule has 0 spiro atoms. The first-order valence-electron chi connectivity index (χ1n) is 12.2. The summed E-state index contributed by atoms with van der Waals surface area (Å²) in [6.45, 7) is 6.30. The van der Waals surface area contributed by atoms with Crippen molar-refractivity contribution in [2.45, 2.75) is 31.8 Å². The smallest absolute Gasteiger partial charge is 0.141 e. The number of hydrogen-bond donors (Lipinski definition) is 1. The van der Waals surface area contributed by atoms with Crippen molar-refractivity contribution in [3.05, 3.63) is 53.3 Å². The van der Waals surface area contributed by atoms with Crippen LogP contribution in [-0.2, 0) is 15.9 Å². The number of halogens is 1. The molecule has 2 aromatic rings. The molecule has 0 aromatic heterocycles. The van der Waals surface area contributed by atoms with E-state index in [1.165, 1.54) is 30.9 Å². The van der Waals surface area contributed by atoms with Crippen molar-refractivity contribution < 1.29 is 13.9 Å². The van der Waals surface area contributed by atoms with Gasteiger partial charge in [0.2, 0.25) is 0 Å². The van der Waals surface area contributed by atoms with Gasteiger partial charge in [-0.1, -0.05) is 12.1 Å². The second-order valence-corrected chi connectivity index (χ2v) is 9.51. The Morgan fingerprint density at radius 2 is 1.94 bits per heavy atom. The van der Waals surface area contributed by atoms with Crippen LogP contribution in [-0.4, -0.2) is 52.1 Å². The Labute approximate surface area is 195 Å². The van der Waals surface area contributed by atoms with E-state index in [2.05, 4.69) is 28.4 Å². The summed E-state index contributed by atoms with van der Waals surface area (Å²) in [5.74, 6) is 0.964. The summed E-state index contributed by atoms with van der Waals surface area (Å²) >= 11 is 0. The number of hydrogen-bond acceptors (Lipinski definition) is 5. The Balaban J connectivity index is 1.41. The zero-order chi connectivity index (χ0) is 22.6. The first-order valence-corrected chi connectivity index (χ1v) is 12.2. The molecule has 2 unspecified atom stereocenters. The summed E-state index contributed by atoms with van der Waals surface area (Å²) in [6, 6.07) is 13.4. The van der Waals surface area contributed by atoms with E-state index in [0.29, 0.717) is 5.92 Å². The van der Waals surface area contributed by atoms with E-state index in [0.717, 1.165) is 75.2 Å². The largest absolute Gasteiger partial charge is 0.381 e. The van der Waals surface area contributed by atoms with Crippen molar-refractivity contribution >= 4 is 5.69 Å². The maximum absolute atomic E-state index is 14.5. The normalized spacial score (nSPS) is 24.1. The fourth-order valence-electron chi connectivity index (χ4n) is 5.54. The summed E-state index contributed by atoms with van der Waals surface area (Å²) in [7, 11) is 0. The van der Waals surface area contributed by atoms with Gasteiger partial charge in [0, 0.05) is 50.6 Å². The first-order chi connectivity index (χ1) is 16.2. The van der Waals surface area contributed by atoms with Crippen molar-refractivity contribution in [2.24, 2.45) is 11.8 Å². The molecule has 1 N–H and O–H groups in total. The van der Waals surface area contributed by atoms with Crippen LogP contribution in [0.2, 0.25) is 0 Å². The minimum absolute atomic E-state index is 0.0812. The lowest BCUT2D eigenvalue weighted by Gasteiger charge is -2.37. The lowest BCUT2D eigenvalue weighted by molar-refractivity contribution is 0.0292. The Bertz CT molecular complexity index is 1000. The third-order valence-corrected chi connectivity index (χ3v) is 7.44. The average Bonchev–Trinajstić information content (AvgIpc) is 3.40. The Kier molecular flexibility index (Phi) is 6.91. The van der Waals surface area contributed by atoms with Gasteiger partial charge in [0.05, 0.1) is 18.3 Å². The minimum Gasteiger partial charge on any atom is -0.381 e. The lowest BCUT2D eigenvalue weighted by Crippen LogP contribution is -2.39. The molecule has 6 heteroatoms. The average molecular weight is 450 g/mol. The third kappa shape index (κ3) is 5.06. The first kappa shape index (κ1) is 22.3. The van der Waals surface area contributed by atoms with Crippen molar-refractivity contribution in [3.8, 4) is 17.2 Å². The van der Waals surface area contributed by atoms with Crippen LogP contribution in [0.4, 0.5) is 10.1 Å². The van der Waals surface area contributed by atoms with Crippen LogP contribution in [0.15, 0.2) is 36.4 Å². The molecule has 2 aromatic carbocycles. The zero-order valence-electron chi connectivity index (χ0n) is 19.1. The van der Waals surface area contributed by atoms with Gasteiger partial charge in [-0.05, 0) is 72.9 Å². The zero-order valence-corrected chi connectivity index (χ0v) is 19.1. The number of morpholine rings is 1. The Morgan fingerprint density at radius 1 is 1.06 bits per heavy atom. The molecular weight excluding hydrogens is 417 g/mol. The Hall–Kier alpha value is -2.46. The standard InChI is InChI=1S/C27H32FN3O2/c28-26-15-21(2-3-22(26)16-29)25-14-19(13-24-17-30-8-12-33-24)1-4-27(25)31-9-5-20(6-10-31)23-7-11-32-18-23/h1-4,14-15,20,23-24,30H,5-13,17-18H2. The highest BCUT2D eigenvalue weighted by Gasteiger charge is 2.30. The van der Waals surface area contributed by atoms with Crippen molar-refractivity contribution in [3.63, 3.8) is 0 Å². The fraction of sp³-hybridized carbons (Fsp3) is 0.519. The number of rotatable bonds is 5. The topological polar surface area (TPSA) is 57.5 Å². The molecule has 3 aliphatic heterocycles. The molecule has 0 radical (unpaired) electrons. The quantitative estimate of drug-likeness (QED) is 0.743. The molecule has 3 fully saturated rings. The predicted molar refractivity (Wildman–Crippen MR) is 127 cm³/mol. The van der Waals surface area contributed by atoms with Gasteiger partial charge in [-0.2, -0.15) is 5.26 Å². The van der Waals surface area contributed by atoms with Crippen LogP contribution in [0.5, 0.6) is 0 Å². The van der Waals surface area contributed by atoms with Crippen molar-refractivity contribution in [1.29, 1.82) is 5.26 Å². The molecule has 0 bridgehead atoms. The molecule has 0 aliphatic carbocycles. The third-order valence-electron chi connectivity index (χ3n) is 7.44. The summed E-state index contributed by atoms with van der Waals surface area (Å²) < 4.78 is 26.1. The van der Waals surface area contributed by atoms with E-state index < -0.39 is 5.82 Å². The SMILES string of the molecule is N#Cc1ccc(-c2cc(CC3CNCCO3)ccc2N2CCC(C3CCOC3)CC2)cc1F. The fourth-order valence-corrected chi connectivity index (χ4v) is 5.54. The van der Waals surface area contributed by atoms with Crippen LogP contribution in [0.1, 0.15) is 30.4 Å². The molecule has 0 amide bonds. The van der Waals surface area contributed by atoms with Crippen LogP contribution in [0, 0.1) is 29.0 Å². The number of nitrogens with zero attached hydrogens (tertiary/aromatic N) is 2. The van der Waals surface area contributed by atoms with Crippen LogP contribution in [0.3, 0.4) is 0 Å². The molecular formula is C27H32FN3O2. The summed E-state index contributed by atoms with van der Waals surface area (Å²) in [5.41, 5.74) is 4.26. The number of nitriles is 1. The van der Waals surface area contributed by atoms with E-state index in [4.69, 9.17) is 14.7 Å². The molecule has 0 saturated carbocycles. The second-order valence-electron chi connectivity index (χ2n) is 9.51. The summed E-state index contributed by atoms with van der Waals surface area (Å²) in [5, 5.41) is 12.5. The molecule has 5 nitrogen and oxygen atoms in total. The van der Waals surface area contributed by atoms with Gasteiger partial charge < -0.3 is 19.7 Å². The number of benzene rings is 2. The number of anilines is 1. The molecule has 3 heterocycles. The van der Waals surface area contributed by atoms with E-state index in [1.54, 1.807) is 6.07 Å². The van der Waals surface area contributed by atoms with E-state index in [1.807, 2.05) is 12.1 Å². The minimum atomic E-state index is -0.467. The van der Waals surface area contributed by atoms with Crippen LogP contribution >= 0.6 is 0 Å². The highest BCUT2D eigenvalue weighted by molar-refractivity contribution is 5.80. The maximum Gasteiger partial charge on any atom is 0.141 e. The summed E-state index contributed by atoms with van der Waals surface area (Å²) in [4.78, 5) is 2.44. The van der Waals surface area contributed by atoms with Gasteiger partial charge in [-0.3, -0.25) is 0 Å². The highest BCUT2D eigenvalue weighted by Crippen LogP contribution is 2.37. The number of ether oxygens (including phenoxy) is 2. The second kappa shape index (κ2) is 10.2. The van der Waals surface area contributed by atoms with Gasteiger partial charge in [0.15, 0.2) is 0 Å². The van der Waals surface area contributed by atoms with Crippen molar-refractivity contribution in [1.82, 2.24) is 5.32 Å². The van der Waals surface area contributed by atoms with Gasteiger partial charge in [0.25, 0.3) is 0 Å². The van der Waals surface area contributed by atoms with Crippen LogP contribution < -0.4 is 10.2 Å². The Morgan fingerprint density at radius 3 is 2.64 bits per heavy atom. The highest BCUT2D eigenvalue weighted by atomic mass is 19.1. The van der Waals surface area contributed by atoms with E-state index in [9.17, 15) is 4.39 Å². The van der Waals surface area contributed by atoms with Gasteiger partial charge in [0.1, 0.15) is 11.9 Å². The molecule has 33 heavy (non-hydrogen) atoms. The van der Waals surface area contributed by atoms with Crippen molar-refractivity contribution in [2.75, 3.05) is 50.9 Å². The number of piperidine rings is 1. The predicted octanol–water partition coefficient (Wildman–Crippen LogP) is 4.15. The van der Waals surface area contributed by atoms with Gasteiger partial charge in [-0.15, -0.1) is 0 Å². The maximum atomic E-state index is 14.5. The lowest BCUT2D eigenvalue weighted by atomic mass is 9.83. The monoisotopic (exact) mass is 449 g/mol. The van der Waals surface area contributed by atoms with Gasteiger partial charge >= 0.3 is 0 Å². The van der Waals surface area contributed by atoms with Gasteiger partial charge in [-0.25, -0.2) is 4.39 Å². The molecule has 2 atom stereocenters. The summed E-state index contributed by atoms with van der Waals surface area (Å²) in [6.07, 6.45) is 4.49. The molecule has 3 aliphatic rings. The van der Waals surface area contributed by atoms with Crippen LogP contribution in [0.25, 0.3) is 11.1 Å². The number of nitrogens with one attached hydrogen (secondary N) is 1.